The number of methoxy groups -OCH3 is 1. The quantitative estimate of drug-likeness (QED) is 0.648. The highest BCUT2D eigenvalue weighted by atomic mass is 16.5. The molecule has 0 aliphatic rings. The van der Waals surface area contributed by atoms with Crippen molar-refractivity contribution >= 4 is 0 Å². The number of rotatable bonds is 3. The highest BCUT2D eigenvalue weighted by Gasteiger charge is 2.31. The second-order valence-electron chi connectivity index (χ2n) is 4.98. The molecule has 0 spiro atoms. The monoisotopic (exact) mass is 173 g/mol. The van der Waals surface area contributed by atoms with Gasteiger partial charge in [0.15, 0.2) is 0 Å². The first-order valence-corrected chi connectivity index (χ1v) is 4.44. The van der Waals surface area contributed by atoms with Gasteiger partial charge in [-0.25, -0.2) is 0 Å². The van der Waals surface area contributed by atoms with E-state index in [0.29, 0.717) is 0 Å². The molecule has 0 N–H and O–H groups in total. The molecule has 74 valence electrons. The molecule has 0 aromatic carbocycles. The Morgan fingerprint density at radius 3 is 1.75 bits per heavy atom. The summed E-state index contributed by atoms with van der Waals surface area (Å²) in [5, 5.41) is 0. The number of hydrogen-bond acceptors (Lipinski definition) is 2. The normalized spacial score (nSPS) is 14.0. The highest BCUT2D eigenvalue weighted by molar-refractivity contribution is 4.87. The summed E-state index contributed by atoms with van der Waals surface area (Å²) < 4.78 is 5.18. The highest BCUT2D eigenvalue weighted by Crippen LogP contribution is 2.22. The average Bonchev–Trinajstić information content (AvgIpc) is 1.84. The minimum Gasteiger partial charge on any atom is -0.383 e. The summed E-state index contributed by atoms with van der Waals surface area (Å²) in [5.74, 6) is 0. The van der Waals surface area contributed by atoms with Crippen LogP contribution in [0, 0.1) is 0 Å². The summed E-state index contributed by atoms with van der Waals surface area (Å²) in [7, 11) is 3.89. The van der Waals surface area contributed by atoms with Crippen LogP contribution in [0.25, 0.3) is 0 Å². The zero-order chi connectivity index (χ0) is 9.99. The molecule has 0 saturated heterocycles. The van der Waals surface area contributed by atoms with Gasteiger partial charge >= 0.3 is 0 Å². The standard InChI is InChI=1S/C10H23NO/c1-9(2,3)11(6)10(4,5)8-12-7/h8H2,1-7H3. The summed E-state index contributed by atoms with van der Waals surface area (Å²) >= 11 is 0. The lowest BCUT2D eigenvalue weighted by Crippen LogP contribution is -2.53. The molecule has 12 heavy (non-hydrogen) atoms. The molecule has 0 aliphatic carbocycles. The number of hydrogen-bond donors (Lipinski definition) is 0. The number of ether oxygens (including phenoxy) is 1. The summed E-state index contributed by atoms with van der Waals surface area (Å²) in [6, 6.07) is 0. The molecule has 0 radical (unpaired) electrons. The molecule has 0 aliphatic heterocycles. The Bertz CT molecular complexity index is 135. The molecule has 0 heterocycles. The largest absolute Gasteiger partial charge is 0.383 e. The van der Waals surface area contributed by atoms with E-state index < -0.39 is 0 Å². The van der Waals surface area contributed by atoms with Crippen molar-refractivity contribution in [2.24, 2.45) is 0 Å². The average molecular weight is 173 g/mol. The van der Waals surface area contributed by atoms with E-state index in [0.717, 1.165) is 6.61 Å². The van der Waals surface area contributed by atoms with Gasteiger partial charge in [0.1, 0.15) is 0 Å². The van der Waals surface area contributed by atoms with Crippen LogP contribution in [0.2, 0.25) is 0 Å². The maximum Gasteiger partial charge on any atom is 0.0641 e. The zero-order valence-electron chi connectivity index (χ0n) is 9.56. The number of likely N-dealkylation sites (N-methyl/N-ethyl adjacent to an activating group) is 1. The van der Waals surface area contributed by atoms with E-state index in [4.69, 9.17) is 4.74 Å². The van der Waals surface area contributed by atoms with Crippen molar-refractivity contribution in [1.29, 1.82) is 0 Å². The van der Waals surface area contributed by atoms with Crippen LogP contribution >= 0.6 is 0 Å². The van der Waals surface area contributed by atoms with Crippen LogP contribution in [-0.4, -0.2) is 36.7 Å². The van der Waals surface area contributed by atoms with Crippen molar-refractivity contribution in [3.63, 3.8) is 0 Å². The van der Waals surface area contributed by atoms with Crippen molar-refractivity contribution in [3.05, 3.63) is 0 Å². The maximum absolute atomic E-state index is 5.18. The van der Waals surface area contributed by atoms with Crippen LogP contribution in [0.3, 0.4) is 0 Å². The van der Waals surface area contributed by atoms with Gasteiger partial charge in [-0.3, -0.25) is 4.90 Å². The van der Waals surface area contributed by atoms with Crippen molar-refractivity contribution in [1.82, 2.24) is 4.90 Å². The fourth-order valence-corrected chi connectivity index (χ4v) is 1.36. The SMILES string of the molecule is COCC(C)(C)N(C)C(C)(C)C. The first kappa shape index (κ1) is 11.9. The Hall–Kier alpha value is -0.0800. The van der Waals surface area contributed by atoms with E-state index in [2.05, 4.69) is 46.6 Å². The minimum absolute atomic E-state index is 0.104. The second kappa shape index (κ2) is 3.75. The predicted octanol–water partition coefficient (Wildman–Crippen LogP) is 2.14. The van der Waals surface area contributed by atoms with E-state index in [1.807, 2.05) is 0 Å². The third kappa shape index (κ3) is 3.11. The summed E-state index contributed by atoms with van der Waals surface area (Å²) in [6.45, 7) is 11.8. The first-order valence-electron chi connectivity index (χ1n) is 4.44. The predicted molar refractivity (Wildman–Crippen MR) is 53.5 cm³/mol. The molecule has 0 bridgehead atoms. The third-order valence-corrected chi connectivity index (χ3v) is 2.41. The number of nitrogens with zero attached hydrogens (tertiary/aromatic N) is 1. The molecular weight excluding hydrogens is 150 g/mol. The molecule has 0 atom stereocenters. The van der Waals surface area contributed by atoms with Gasteiger partial charge in [0.2, 0.25) is 0 Å². The smallest absolute Gasteiger partial charge is 0.0641 e. The molecular formula is C10H23NO. The van der Waals surface area contributed by atoms with E-state index in [-0.39, 0.29) is 11.1 Å². The van der Waals surface area contributed by atoms with Crippen molar-refractivity contribution < 1.29 is 4.74 Å². The van der Waals surface area contributed by atoms with Gasteiger partial charge in [-0.1, -0.05) is 0 Å². The molecule has 2 heteroatoms. The summed E-state index contributed by atoms with van der Waals surface area (Å²) in [5.41, 5.74) is 0.301. The fraction of sp³-hybridized carbons (Fsp3) is 1.00. The lowest BCUT2D eigenvalue weighted by atomic mass is 9.96. The van der Waals surface area contributed by atoms with Gasteiger partial charge in [0.25, 0.3) is 0 Å². The van der Waals surface area contributed by atoms with Crippen molar-refractivity contribution in [2.75, 3.05) is 20.8 Å². The van der Waals surface area contributed by atoms with Gasteiger partial charge in [0, 0.05) is 18.2 Å². The molecule has 0 aromatic heterocycles. The van der Waals surface area contributed by atoms with Crippen LogP contribution in [0.4, 0.5) is 0 Å². The molecule has 0 saturated carbocycles. The summed E-state index contributed by atoms with van der Waals surface area (Å²) in [6.07, 6.45) is 0. The van der Waals surface area contributed by atoms with Gasteiger partial charge in [-0.2, -0.15) is 0 Å². The van der Waals surface area contributed by atoms with E-state index >= 15 is 0 Å². The van der Waals surface area contributed by atoms with Crippen LogP contribution in [-0.2, 0) is 4.74 Å². The molecule has 0 amide bonds. The molecule has 0 aromatic rings. The zero-order valence-corrected chi connectivity index (χ0v) is 9.56. The Morgan fingerprint density at radius 1 is 1.08 bits per heavy atom. The molecule has 2 nitrogen and oxygen atoms in total. The van der Waals surface area contributed by atoms with Gasteiger partial charge in [-0.15, -0.1) is 0 Å². The van der Waals surface area contributed by atoms with Crippen molar-refractivity contribution in [3.8, 4) is 0 Å². The van der Waals surface area contributed by atoms with E-state index in [1.165, 1.54) is 0 Å². The Labute approximate surface area is 76.9 Å². The second-order valence-corrected chi connectivity index (χ2v) is 4.98. The van der Waals surface area contributed by atoms with Crippen LogP contribution in [0.5, 0.6) is 0 Å². The van der Waals surface area contributed by atoms with Gasteiger partial charge < -0.3 is 4.74 Å². The van der Waals surface area contributed by atoms with E-state index in [1.54, 1.807) is 7.11 Å². The summed E-state index contributed by atoms with van der Waals surface area (Å²) in [4.78, 5) is 2.34. The Balaban J connectivity index is 4.34. The molecule has 0 unspecified atom stereocenters. The Kier molecular flexibility index (Phi) is 3.73. The lowest BCUT2D eigenvalue weighted by Gasteiger charge is -2.44. The van der Waals surface area contributed by atoms with Gasteiger partial charge in [-0.05, 0) is 41.7 Å². The van der Waals surface area contributed by atoms with Crippen LogP contribution in [0.15, 0.2) is 0 Å². The molecule has 0 fully saturated rings. The minimum atomic E-state index is 0.104. The fourth-order valence-electron chi connectivity index (χ4n) is 1.36. The van der Waals surface area contributed by atoms with Crippen LogP contribution in [0.1, 0.15) is 34.6 Å². The third-order valence-electron chi connectivity index (χ3n) is 2.41. The lowest BCUT2D eigenvalue weighted by molar-refractivity contribution is -0.00122. The van der Waals surface area contributed by atoms with Gasteiger partial charge in [0.05, 0.1) is 6.61 Å². The molecule has 0 rings (SSSR count). The van der Waals surface area contributed by atoms with Crippen molar-refractivity contribution in [2.45, 2.75) is 45.7 Å². The maximum atomic E-state index is 5.18. The topological polar surface area (TPSA) is 12.5 Å². The van der Waals surface area contributed by atoms with Crippen LogP contribution < -0.4 is 0 Å². The Morgan fingerprint density at radius 2 is 1.50 bits per heavy atom. The van der Waals surface area contributed by atoms with E-state index in [9.17, 15) is 0 Å². The first-order chi connectivity index (χ1) is 5.22.